The first-order chi connectivity index (χ1) is 8.13. The maximum atomic E-state index is 11.5. The number of hydrogen-bond acceptors (Lipinski definition) is 4. The number of carbonyl (C=O) groups excluding carboxylic acids is 1. The van der Waals surface area contributed by atoms with Crippen LogP contribution >= 0.6 is 0 Å². The summed E-state index contributed by atoms with van der Waals surface area (Å²) >= 11 is 0. The normalized spacial score (nSPS) is 11.6. The minimum atomic E-state index is -0.307. The number of terminal acetylenes is 1. The molecule has 0 aromatic carbocycles. The van der Waals surface area contributed by atoms with Crippen LogP contribution in [-0.2, 0) is 11.3 Å². The fourth-order valence-corrected chi connectivity index (χ4v) is 1.25. The molecule has 5 heteroatoms. The molecule has 0 bridgehead atoms. The SMILES string of the molecule is C#CCNC(=O)C(C)NCc1ccnc(C)n1. The van der Waals surface area contributed by atoms with E-state index in [-0.39, 0.29) is 18.5 Å². The van der Waals surface area contributed by atoms with Crippen molar-refractivity contribution in [3.8, 4) is 12.3 Å². The molecule has 5 nitrogen and oxygen atoms in total. The molecule has 1 atom stereocenters. The van der Waals surface area contributed by atoms with Gasteiger partial charge in [-0.3, -0.25) is 4.79 Å². The molecule has 1 aromatic rings. The molecule has 0 saturated heterocycles. The fraction of sp³-hybridized carbons (Fsp3) is 0.417. The summed E-state index contributed by atoms with van der Waals surface area (Å²) in [7, 11) is 0. The molecule has 1 unspecified atom stereocenters. The average molecular weight is 232 g/mol. The van der Waals surface area contributed by atoms with Crippen LogP contribution in [0, 0.1) is 19.3 Å². The second-order valence-electron chi connectivity index (χ2n) is 3.62. The van der Waals surface area contributed by atoms with Crippen molar-refractivity contribution in [1.82, 2.24) is 20.6 Å². The van der Waals surface area contributed by atoms with Crippen LogP contribution in [0.1, 0.15) is 18.4 Å². The number of hydrogen-bond donors (Lipinski definition) is 2. The Morgan fingerprint density at radius 3 is 3.06 bits per heavy atom. The van der Waals surface area contributed by atoms with E-state index in [9.17, 15) is 4.79 Å². The smallest absolute Gasteiger partial charge is 0.237 e. The summed E-state index contributed by atoms with van der Waals surface area (Å²) in [4.78, 5) is 19.7. The Labute approximate surface area is 101 Å². The predicted octanol–water partition coefficient (Wildman–Crippen LogP) is 0.0125. The maximum absolute atomic E-state index is 11.5. The molecular formula is C12H16N4O. The summed E-state index contributed by atoms with van der Waals surface area (Å²) in [6.07, 6.45) is 6.75. The summed E-state index contributed by atoms with van der Waals surface area (Å²) < 4.78 is 0. The number of nitrogens with one attached hydrogen (secondary N) is 2. The lowest BCUT2D eigenvalue weighted by Gasteiger charge is -2.12. The van der Waals surface area contributed by atoms with Gasteiger partial charge in [-0.05, 0) is 19.9 Å². The zero-order valence-electron chi connectivity index (χ0n) is 10.0. The molecule has 0 spiro atoms. The van der Waals surface area contributed by atoms with E-state index in [0.29, 0.717) is 12.4 Å². The van der Waals surface area contributed by atoms with Gasteiger partial charge in [0.15, 0.2) is 0 Å². The Kier molecular flexibility index (Phi) is 5.11. The molecule has 1 aromatic heterocycles. The van der Waals surface area contributed by atoms with Gasteiger partial charge < -0.3 is 10.6 Å². The van der Waals surface area contributed by atoms with E-state index in [2.05, 4.69) is 26.5 Å². The zero-order valence-corrected chi connectivity index (χ0v) is 10.0. The molecule has 0 radical (unpaired) electrons. The number of amides is 1. The number of carbonyl (C=O) groups is 1. The number of aromatic nitrogens is 2. The van der Waals surface area contributed by atoms with Crippen molar-refractivity contribution in [1.29, 1.82) is 0 Å². The average Bonchev–Trinajstić information content (AvgIpc) is 2.33. The first kappa shape index (κ1) is 13.1. The lowest BCUT2D eigenvalue weighted by Crippen LogP contribution is -2.42. The van der Waals surface area contributed by atoms with Crippen LogP contribution in [0.15, 0.2) is 12.3 Å². The van der Waals surface area contributed by atoms with E-state index in [1.54, 1.807) is 13.1 Å². The van der Waals surface area contributed by atoms with E-state index in [0.717, 1.165) is 5.69 Å². The minimum Gasteiger partial charge on any atom is -0.344 e. The van der Waals surface area contributed by atoms with E-state index in [4.69, 9.17) is 6.42 Å². The predicted molar refractivity (Wildman–Crippen MR) is 64.9 cm³/mol. The first-order valence-corrected chi connectivity index (χ1v) is 5.36. The van der Waals surface area contributed by atoms with E-state index in [1.165, 1.54) is 0 Å². The first-order valence-electron chi connectivity index (χ1n) is 5.36. The van der Waals surface area contributed by atoms with E-state index >= 15 is 0 Å². The number of nitrogens with zero attached hydrogens (tertiary/aromatic N) is 2. The van der Waals surface area contributed by atoms with Crippen molar-refractivity contribution in [2.24, 2.45) is 0 Å². The van der Waals surface area contributed by atoms with Crippen LogP contribution in [0.4, 0.5) is 0 Å². The van der Waals surface area contributed by atoms with Gasteiger partial charge in [-0.1, -0.05) is 5.92 Å². The molecule has 90 valence electrons. The Bertz CT molecular complexity index is 425. The van der Waals surface area contributed by atoms with Gasteiger partial charge in [0, 0.05) is 12.7 Å². The largest absolute Gasteiger partial charge is 0.344 e. The summed E-state index contributed by atoms with van der Waals surface area (Å²) in [5.41, 5.74) is 0.856. The highest BCUT2D eigenvalue weighted by atomic mass is 16.2. The van der Waals surface area contributed by atoms with E-state index in [1.807, 2.05) is 13.0 Å². The summed E-state index contributed by atoms with van der Waals surface area (Å²) in [5.74, 6) is 2.95. The Hall–Kier alpha value is -1.93. The quantitative estimate of drug-likeness (QED) is 0.702. The molecule has 2 N–H and O–H groups in total. The van der Waals surface area contributed by atoms with Crippen molar-refractivity contribution in [2.45, 2.75) is 26.4 Å². The molecular weight excluding hydrogens is 216 g/mol. The standard InChI is InChI=1S/C12H16N4O/c1-4-6-14-12(17)9(2)15-8-11-5-7-13-10(3)16-11/h1,5,7,9,15H,6,8H2,2-3H3,(H,14,17). The lowest BCUT2D eigenvalue weighted by molar-refractivity contribution is -0.122. The Balaban J connectivity index is 2.40. The molecule has 0 saturated carbocycles. The minimum absolute atomic E-state index is 0.117. The van der Waals surface area contributed by atoms with Crippen molar-refractivity contribution >= 4 is 5.91 Å². The van der Waals surface area contributed by atoms with Gasteiger partial charge in [0.1, 0.15) is 5.82 Å². The summed E-state index contributed by atoms with van der Waals surface area (Å²) in [5, 5.41) is 5.67. The third kappa shape index (κ3) is 4.62. The van der Waals surface area contributed by atoms with Crippen LogP contribution in [-0.4, -0.2) is 28.5 Å². The molecule has 0 aliphatic heterocycles. The summed E-state index contributed by atoms with van der Waals surface area (Å²) in [6.45, 7) is 4.37. The highest BCUT2D eigenvalue weighted by Gasteiger charge is 2.10. The molecule has 0 fully saturated rings. The molecule has 1 heterocycles. The Morgan fingerprint density at radius 2 is 2.41 bits per heavy atom. The van der Waals surface area contributed by atoms with Crippen LogP contribution in [0.25, 0.3) is 0 Å². The van der Waals surface area contributed by atoms with Gasteiger partial charge in [-0.2, -0.15) is 0 Å². The Morgan fingerprint density at radius 1 is 1.65 bits per heavy atom. The highest BCUT2D eigenvalue weighted by molar-refractivity contribution is 5.81. The molecule has 1 rings (SSSR count). The van der Waals surface area contributed by atoms with Gasteiger partial charge >= 0.3 is 0 Å². The monoisotopic (exact) mass is 232 g/mol. The third-order valence-corrected chi connectivity index (χ3v) is 2.18. The second-order valence-corrected chi connectivity index (χ2v) is 3.62. The zero-order chi connectivity index (χ0) is 12.7. The molecule has 0 aliphatic carbocycles. The van der Waals surface area contributed by atoms with Crippen molar-refractivity contribution < 1.29 is 4.79 Å². The molecule has 1 amide bonds. The topological polar surface area (TPSA) is 66.9 Å². The van der Waals surface area contributed by atoms with Crippen molar-refractivity contribution in [3.05, 3.63) is 23.8 Å². The van der Waals surface area contributed by atoms with Crippen LogP contribution in [0.5, 0.6) is 0 Å². The van der Waals surface area contributed by atoms with Crippen LogP contribution in [0.2, 0.25) is 0 Å². The van der Waals surface area contributed by atoms with Gasteiger partial charge in [0.2, 0.25) is 5.91 Å². The number of rotatable bonds is 5. The van der Waals surface area contributed by atoms with Crippen molar-refractivity contribution in [3.63, 3.8) is 0 Å². The van der Waals surface area contributed by atoms with Gasteiger partial charge in [-0.25, -0.2) is 9.97 Å². The maximum Gasteiger partial charge on any atom is 0.237 e. The van der Waals surface area contributed by atoms with Gasteiger partial charge in [0.05, 0.1) is 18.3 Å². The lowest BCUT2D eigenvalue weighted by atomic mass is 10.3. The molecule has 0 aliphatic rings. The summed E-state index contributed by atoms with van der Waals surface area (Å²) in [6, 6.07) is 1.50. The fourth-order valence-electron chi connectivity index (χ4n) is 1.25. The number of aryl methyl sites for hydroxylation is 1. The molecule has 17 heavy (non-hydrogen) atoms. The van der Waals surface area contributed by atoms with E-state index < -0.39 is 0 Å². The van der Waals surface area contributed by atoms with Crippen LogP contribution < -0.4 is 10.6 Å². The highest BCUT2D eigenvalue weighted by Crippen LogP contribution is 1.95. The van der Waals surface area contributed by atoms with Crippen LogP contribution in [0.3, 0.4) is 0 Å². The second kappa shape index (κ2) is 6.61. The third-order valence-electron chi connectivity index (χ3n) is 2.18. The van der Waals surface area contributed by atoms with Gasteiger partial charge in [0.25, 0.3) is 0 Å². The van der Waals surface area contributed by atoms with Gasteiger partial charge in [-0.15, -0.1) is 6.42 Å². The van der Waals surface area contributed by atoms with Crippen molar-refractivity contribution in [2.75, 3.05) is 6.54 Å².